The van der Waals surface area contributed by atoms with E-state index < -0.39 is 0 Å². The zero-order chi connectivity index (χ0) is 18.4. The molecule has 0 bridgehead atoms. The third-order valence-corrected chi connectivity index (χ3v) is 4.04. The van der Waals surface area contributed by atoms with Crippen LogP contribution in [0, 0.1) is 0 Å². The number of pyridine rings is 1. The zero-order valence-electron chi connectivity index (χ0n) is 14.6. The molecule has 0 atom stereocenters. The maximum absolute atomic E-state index is 12.1. The molecule has 7 nitrogen and oxygen atoms in total. The Hall–Kier alpha value is -3.09. The number of likely N-dealkylation sites (tertiary alicyclic amines) is 1. The van der Waals surface area contributed by atoms with E-state index in [2.05, 4.69) is 10.3 Å². The molecular formula is C19H21N3O4. The number of rotatable bonds is 6. The van der Waals surface area contributed by atoms with Crippen LogP contribution in [0.4, 0.5) is 5.69 Å². The van der Waals surface area contributed by atoms with Gasteiger partial charge in [-0.2, -0.15) is 0 Å². The Balaban J connectivity index is 1.55. The van der Waals surface area contributed by atoms with Crippen LogP contribution >= 0.6 is 0 Å². The van der Waals surface area contributed by atoms with Crippen LogP contribution in [-0.4, -0.2) is 41.9 Å². The van der Waals surface area contributed by atoms with Gasteiger partial charge in [0.15, 0.2) is 0 Å². The van der Waals surface area contributed by atoms with Gasteiger partial charge in [-0.3, -0.25) is 9.59 Å². The second-order valence-electron chi connectivity index (χ2n) is 5.99. The maximum atomic E-state index is 12.1. The lowest BCUT2D eigenvalue weighted by atomic mass is 10.1. The zero-order valence-corrected chi connectivity index (χ0v) is 14.6. The number of hydrogen-bond acceptors (Lipinski definition) is 5. The smallest absolute Gasteiger partial charge is 0.244 e. The molecule has 0 radical (unpaired) electrons. The lowest BCUT2D eigenvalue weighted by molar-refractivity contribution is -0.136. The fraction of sp³-hybridized carbons (Fsp3) is 0.316. The Morgan fingerprint density at radius 3 is 2.81 bits per heavy atom. The number of anilines is 1. The van der Waals surface area contributed by atoms with E-state index in [9.17, 15) is 9.59 Å². The molecule has 1 N–H and O–H groups in total. The van der Waals surface area contributed by atoms with E-state index in [-0.39, 0.29) is 18.4 Å². The van der Waals surface area contributed by atoms with E-state index >= 15 is 0 Å². The SMILES string of the molecule is COc1cccc(Oc2ccc(NC(=O)CN3CCCCC3=O)cn2)c1. The van der Waals surface area contributed by atoms with Gasteiger partial charge in [-0.05, 0) is 31.0 Å². The summed E-state index contributed by atoms with van der Waals surface area (Å²) in [5.41, 5.74) is 0.553. The second-order valence-corrected chi connectivity index (χ2v) is 5.99. The number of ether oxygens (including phenoxy) is 2. The molecule has 3 rings (SSSR count). The first-order valence-electron chi connectivity index (χ1n) is 8.49. The molecule has 1 aromatic heterocycles. The van der Waals surface area contributed by atoms with E-state index in [1.54, 1.807) is 36.3 Å². The fourth-order valence-electron chi connectivity index (χ4n) is 2.70. The maximum Gasteiger partial charge on any atom is 0.244 e. The van der Waals surface area contributed by atoms with Crippen molar-refractivity contribution in [2.75, 3.05) is 25.5 Å². The number of aromatic nitrogens is 1. The largest absolute Gasteiger partial charge is 0.497 e. The van der Waals surface area contributed by atoms with Crippen molar-refractivity contribution < 1.29 is 19.1 Å². The van der Waals surface area contributed by atoms with Gasteiger partial charge in [0.2, 0.25) is 17.7 Å². The molecule has 1 aliphatic rings. The molecule has 7 heteroatoms. The predicted octanol–water partition coefficient (Wildman–Crippen LogP) is 2.83. The van der Waals surface area contributed by atoms with Crippen molar-refractivity contribution in [3.05, 3.63) is 42.6 Å². The molecule has 2 amide bonds. The van der Waals surface area contributed by atoms with Crippen molar-refractivity contribution in [1.82, 2.24) is 9.88 Å². The van der Waals surface area contributed by atoms with Crippen molar-refractivity contribution >= 4 is 17.5 Å². The quantitative estimate of drug-likeness (QED) is 0.862. The Morgan fingerprint density at radius 2 is 2.08 bits per heavy atom. The summed E-state index contributed by atoms with van der Waals surface area (Å²) >= 11 is 0. The van der Waals surface area contributed by atoms with Gasteiger partial charge in [0.05, 0.1) is 25.5 Å². The minimum Gasteiger partial charge on any atom is -0.497 e. The Kier molecular flexibility index (Phi) is 5.68. The van der Waals surface area contributed by atoms with E-state index in [0.29, 0.717) is 36.0 Å². The summed E-state index contributed by atoms with van der Waals surface area (Å²) in [5, 5.41) is 2.75. The third kappa shape index (κ3) is 4.72. The topological polar surface area (TPSA) is 80.8 Å². The number of nitrogens with one attached hydrogen (secondary N) is 1. The normalized spacial score (nSPS) is 14.0. The summed E-state index contributed by atoms with van der Waals surface area (Å²) in [4.78, 5) is 29.6. The van der Waals surface area contributed by atoms with Gasteiger partial charge in [-0.1, -0.05) is 6.07 Å². The summed E-state index contributed by atoms with van der Waals surface area (Å²) in [7, 11) is 1.59. The summed E-state index contributed by atoms with van der Waals surface area (Å²) in [6.45, 7) is 0.707. The number of piperidine rings is 1. The summed E-state index contributed by atoms with van der Waals surface area (Å²) < 4.78 is 10.8. The molecule has 1 aromatic carbocycles. The van der Waals surface area contributed by atoms with E-state index in [1.807, 2.05) is 12.1 Å². The molecule has 136 valence electrons. The summed E-state index contributed by atoms with van der Waals surface area (Å²) in [5.74, 6) is 1.51. The molecule has 0 spiro atoms. The lowest BCUT2D eigenvalue weighted by Crippen LogP contribution is -2.40. The van der Waals surface area contributed by atoms with Crippen molar-refractivity contribution in [1.29, 1.82) is 0 Å². The number of carbonyl (C=O) groups excluding carboxylic acids is 2. The number of hydrogen-bond donors (Lipinski definition) is 1. The first-order chi connectivity index (χ1) is 12.6. The second kappa shape index (κ2) is 8.33. The van der Waals surface area contributed by atoms with Gasteiger partial charge in [0.25, 0.3) is 0 Å². The number of nitrogens with zero attached hydrogens (tertiary/aromatic N) is 2. The predicted molar refractivity (Wildman–Crippen MR) is 96.4 cm³/mol. The van der Waals surface area contributed by atoms with Gasteiger partial charge in [0.1, 0.15) is 11.5 Å². The highest BCUT2D eigenvalue weighted by Gasteiger charge is 2.20. The molecular weight excluding hydrogens is 334 g/mol. The minimum absolute atomic E-state index is 0.0339. The summed E-state index contributed by atoms with van der Waals surface area (Å²) in [6, 6.07) is 10.6. The van der Waals surface area contributed by atoms with Crippen LogP contribution in [0.3, 0.4) is 0 Å². The molecule has 1 saturated heterocycles. The fourth-order valence-corrected chi connectivity index (χ4v) is 2.70. The van der Waals surface area contributed by atoms with Crippen LogP contribution in [0.15, 0.2) is 42.6 Å². The molecule has 26 heavy (non-hydrogen) atoms. The van der Waals surface area contributed by atoms with Crippen molar-refractivity contribution in [3.8, 4) is 17.4 Å². The molecule has 1 aliphatic heterocycles. The number of benzene rings is 1. The lowest BCUT2D eigenvalue weighted by Gasteiger charge is -2.25. The first kappa shape index (κ1) is 17.7. The Bertz CT molecular complexity index is 777. The van der Waals surface area contributed by atoms with Crippen LogP contribution in [0.1, 0.15) is 19.3 Å². The van der Waals surface area contributed by atoms with Crippen LogP contribution in [0.25, 0.3) is 0 Å². The van der Waals surface area contributed by atoms with Gasteiger partial charge in [0, 0.05) is 25.1 Å². The number of methoxy groups -OCH3 is 1. The standard InChI is InChI=1S/C19H21N3O4/c1-25-15-5-4-6-16(11-15)26-18-9-8-14(12-20-18)21-17(23)13-22-10-3-2-7-19(22)24/h4-6,8-9,11-12H,2-3,7,10,13H2,1H3,(H,21,23). The van der Waals surface area contributed by atoms with Gasteiger partial charge in [-0.15, -0.1) is 0 Å². The summed E-state index contributed by atoms with van der Waals surface area (Å²) in [6.07, 6.45) is 3.88. The van der Waals surface area contributed by atoms with Crippen LogP contribution in [-0.2, 0) is 9.59 Å². The molecule has 0 aliphatic carbocycles. The molecule has 2 aromatic rings. The molecule has 0 unspecified atom stereocenters. The van der Waals surface area contributed by atoms with E-state index in [1.165, 1.54) is 6.20 Å². The molecule has 0 saturated carbocycles. The van der Waals surface area contributed by atoms with Crippen molar-refractivity contribution in [3.63, 3.8) is 0 Å². The van der Waals surface area contributed by atoms with Crippen molar-refractivity contribution in [2.24, 2.45) is 0 Å². The Labute approximate surface area is 151 Å². The number of carbonyl (C=O) groups is 2. The van der Waals surface area contributed by atoms with Gasteiger partial charge >= 0.3 is 0 Å². The third-order valence-electron chi connectivity index (χ3n) is 4.04. The molecule has 2 heterocycles. The van der Waals surface area contributed by atoms with Crippen LogP contribution < -0.4 is 14.8 Å². The highest BCUT2D eigenvalue weighted by Crippen LogP contribution is 2.24. The average molecular weight is 355 g/mol. The highest BCUT2D eigenvalue weighted by molar-refractivity contribution is 5.94. The van der Waals surface area contributed by atoms with Gasteiger partial charge < -0.3 is 19.7 Å². The van der Waals surface area contributed by atoms with Crippen LogP contribution in [0.2, 0.25) is 0 Å². The van der Waals surface area contributed by atoms with E-state index in [4.69, 9.17) is 9.47 Å². The van der Waals surface area contributed by atoms with E-state index in [0.717, 1.165) is 12.8 Å². The number of amides is 2. The highest BCUT2D eigenvalue weighted by atomic mass is 16.5. The monoisotopic (exact) mass is 355 g/mol. The van der Waals surface area contributed by atoms with Crippen LogP contribution in [0.5, 0.6) is 17.4 Å². The molecule has 1 fully saturated rings. The average Bonchev–Trinajstić information content (AvgIpc) is 2.65. The Morgan fingerprint density at radius 1 is 1.23 bits per heavy atom. The minimum atomic E-state index is -0.233. The van der Waals surface area contributed by atoms with Gasteiger partial charge in [-0.25, -0.2) is 4.98 Å². The first-order valence-corrected chi connectivity index (χ1v) is 8.49. The van der Waals surface area contributed by atoms with Crippen molar-refractivity contribution in [2.45, 2.75) is 19.3 Å².